The van der Waals surface area contributed by atoms with Crippen molar-refractivity contribution in [2.45, 2.75) is 20.4 Å². The molecule has 1 heterocycles. The minimum Gasteiger partial charge on any atom is -0.497 e. The second-order valence-electron chi connectivity index (χ2n) is 6.39. The van der Waals surface area contributed by atoms with Crippen LogP contribution in [0.25, 0.3) is 10.6 Å². The van der Waals surface area contributed by atoms with Crippen LogP contribution in [0.5, 0.6) is 5.75 Å². The molecule has 0 aliphatic heterocycles. The molecule has 0 bridgehead atoms. The second kappa shape index (κ2) is 8.33. The highest BCUT2D eigenvalue weighted by Crippen LogP contribution is 2.30. The van der Waals surface area contributed by atoms with Gasteiger partial charge in [0.1, 0.15) is 15.6 Å². The summed E-state index contributed by atoms with van der Waals surface area (Å²) >= 11 is 1.42. The van der Waals surface area contributed by atoms with E-state index in [-0.39, 0.29) is 5.91 Å². The van der Waals surface area contributed by atoms with Crippen molar-refractivity contribution in [3.63, 3.8) is 0 Å². The van der Waals surface area contributed by atoms with E-state index in [1.807, 2.05) is 56.4 Å². The SMILES string of the molecule is COc1ccc(CN(C)NC(=O)c2sc(-c3ccccc3C)nc2C)cc1. The fourth-order valence-electron chi connectivity index (χ4n) is 2.80. The lowest BCUT2D eigenvalue weighted by molar-refractivity contribution is 0.0823. The van der Waals surface area contributed by atoms with Crippen LogP contribution in [0, 0.1) is 13.8 Å². The van der Waals surface area contributed by atoms with Crippen molar-refractivity contribution in [1.29, 1.82) is 0 Å². The number of nitrogens with one attached hydrogen (secondary N) is 1. The van der Waals surface area contributed by atoms with Crippen LogP contribution < -0.4 is 10.2 Å². The molecule has 3 rings (SSSR count). The van der Waals surface area contributed by atoms with E-state index in [9.17, 15) is 4.79 Å². The number of amides is 1. The van der Waals surface area contributed by atoms with Gasteiger partial charge in [0.05, 0.1) is 12.8 Å². The van der Waals surface area contributed by atoms with Crippen LogP contribution in [0.15, 0.2) is 48.5 Å². The van der Waals surface area contributed by atoms with E-state index < -0.39 is 0 Å². The molecule has 3 aromatic rings. The molecule has 1 amide bonds. The number of hydrogen-bond acceptors (Lipinski definition) is 5. The van der Waals surface area contributed by atoms with Crippen LogP contribution in [0.1, 0.15) is 26.5 Å². The number of hydrazine groups is 1. The fraction of sp³-hybridized carbons (Fsp3) is 0.238. The number of carbonyl (C=O) groups excluding carboxylic acids is 1. The van der Waals surface area contributed by atoms with Crippen molar-refractivity contribution in [2.75, 3.05) is 14.2 Å². The first-order chi connectivity index (χ1) is 13.0. The molecule has 0 aliphatic rings. The largest absolute Gasteiger partial charge is 0.497 e. The lowest BCUT2D eigenvalue weighted by Crippen LogP contribution is -2.38. The summed E-state index contributed by atoms with van der Waals surface area (Å²) in [5, 5.41) is 2.64. The van der Waals surface area contributed by atoms with Gasteiger partial charge in [-0.2, -0.15) is 0 Å². The molecule has 0 unspecified atom stereocenters. The highest BCUT2D eigenvalue weighted by molar-refractivity contribution is 7.17. The number of benzene rings is 2. The Morgan fingerprint density at radius 1 is 1.15 bits per heavy atom. The van der Waals surface area contributed by atoms with Gasteiger partial charge in [-0.15, -0.1) is 11.3 Å². The zero-order valence-electron chi connectivity index (χ0n) is 15.9. The van der Waals surface area contributed by atoms with Gasteiger partial charge in [-0.1, -0.05) is 36.4 Å². The smallest absolute Gasteiger partial charge is 0.277 e. The summed E-state index contributed by atoms with van der Waals surface area (Å²) in [7, 11) is 3.49. The molecule has 0 spiro atoms. The lowest BCUT2D eigenvalue weighted by atomic mass is 10.1. The Morgan fingerprint density at radius 3 is 2.52 bits per heavy atom. The molecule has 0 aliphatic carbocycles. The third-order valence-electron chi connectivity index (χ3n) is 4.25. The van der Waals surface area contributed by atoms with Crippen LogP contribution in [-0.2, 0) is 6.54 Å². The monoisotopic (exact) mass is 381 g/mol. The molecule has 0 radical (unpaired) electrons. The number of aryl methyl sites for hydroxylation is 2. The quantitative estimate of drug-likeness (QED) is 0.650. The number of ether oxygens (including phenoxy) is 1. The number of aromatic nitrogens is 1. The normalized spacial score (nSPS) is 10.9. The maximum Gasteiger partial charge on any atom is 0.277 e. The number of methoxy groups -OCH3 is 1. The van der Waals surface area contributed by atoms with Gasteiger partial charge in [-0.05, 0) is 37.1 Å². The molecule has 1 aromatic heterocycles. The fourth-order valence-corrected chi connectivity index (χ4v) is 3.85. The van der Waals surface area contributed by atoms with Gasteiger partial charge in [0.25, 0.3) is 5.91 Å². The third kappa shape index (κ3) is 4.53. The van der Waals surface area contributed by atoms with Crippen molar-refractivity contribution in [3.8, 4) is 16.3 Å². The minimum absolute atomic E-state index is 0.138. The standard InChI is InChI=1S/C21H23N3O2S/c1-14-7-5-6-8-18(14)21-22-15(2)19(27-21)20(25)23-24(3)13-16-9-11-17(26-4)12-10-16/h5-12H,13H2,1-4H3,(H,23,25). The first-order valence-corrected chi connectivity index (χ1v) is 9.48. The van der Waals surface area contributed by atoms with Gasteiger partial charge in [-0.3, -0.25) is 10.2 Å². The molecule has 1 N–H and O–H groups in total. The van der Waals surface area contributed by atoms with Crippen LogP contribution in [0.3, 0.4) is 0 Å². The molecule has 0 atom stereocenters. The van der Waals surface area contributed by atoms with Crippen molar-refractivity contribution < 1.29 is 9.53 Å². The third-order valence-corrected chi connectivity index (χ3v) is 5.44. The van der Waals surface area contributed by atoms with Gasteiger partial charge in [0.2, 0.25) is 0 Å². The average Bonchev–Trinajstić information content (AvgIpc) is 3.04. The minimum atomic E-state index is -0.138. The summed E-state index contributed by atoms with van der Waals surface area (Å²) in [6.07, 6.45) is 0. The van der Waals surface area contributed by atoms with E-state index in [0.717, 1.165) is 33.1 Å². The van der Waals surface area contributed by atoms with Crippen LogP contribution in [0.4, 0.5) is 0 Å². The molecule has 6 heteroatoms. The maximum atomic E-state index is 12.7. The van der Waals surface area contributed by atoms with Crippen molar-refractivity contribution in [1.82, 2.24) is 15.4 Å². The van der Waals surface area contributed by atoms with E-state index in [0.29, 0.717) is 11.4 Å². The van der Waals surface area contributed by atoms with Crippen molar-refractivity contribution in [3.05, 3.63) is 70.2 Å². The molecular formula is C21H23N3O2S. The highest BCUT2D eigenvalue weighted by Gasteiger charge is 2.18. The number of thiazole rings is 1. The van der Waals surface area contributed by atoms with Gasteiger partial charge in [0.15, 0.2) is 0 Å². The molecule has 0 saturated heterocycles. The van der Waals surface area contributed by atoms with E-state index in [1.54, 1.807) is 12.1 Å². The Bertz CT molecular complexity index is 935. The number of nitrogens with zero attached hydrogens (tertiary/aromatic N) is 2. The van der Waals surface area contributed by atoms with Gasteiger partial charge in [0, 0.05) is 19.2 Å². The van der Waals surface area contributed by atoms with Crippen LogP contribution in [0.2, 0.25) is 0 Å². The topological polar surface area (TPSA) is 54.5 Å². The van der Waals surface area contributed by atoms with E-state index in [4.69, 9.17) is 4.74 Å². The summed E-state index contributed by atoms with van der Waals surface area (Å²) in [6, 6.07) is 15.9. The zero-order chi connectivity index (χ0) is 19.4. The predicted octanol–water partition coefficient (Wildman–Crippen LogP) is 4.21. The number of carbonyl (C=O) groups is 1. The molecule has 27 heavy (non-hydrogen) atoms. The summed E-state index contributed by atoms with van der Waals surface area (Å²) in [5.41, 5.74) is 6.97. The first kappa shape index (κ1) is 19.1. The summed E-state index contributed by atoms with van der Waals surface area (Å²) in [4.78, 5) is 17.9. The highest BCUT2D eigenvalue weighted by atomic mass is 32.1. The van der Waals surface area contributed by atoms with E-state index >= 15 is 0 Å². The molecule has 5 nitrogen and oxygen atoms in total. The molecule has 140 valence electrons. The van der Waals surface area contributed by atoms with Crippen molar-refractivity contribution in [2.24, 2.45) is 0 Å². The summed E-state index contributed by atoms with van der Waals surface area (Å²) in [6.45, 7) is 4.52. The van der Waals surface area contributed by atoms with E-state index in [1.165, 1.54) is 11.3 Å². The Balaban J connectivity index is 1.69. The van der Waals surface area contributed by atoms with Gasteiger partial charge >= 0.3 is 0 Å². The second-order valence-corrected chi connectivity index (χ2v) is 7.39. The Morgan fingerprint density at radius 2 is 1.85 bits per heavy atom. The van der Waals surface area contributed by atoms with Crippen molar-refractivity contribution >= 4 is 17.2 Å². The first-order valence-electron chi connectivity index (χ1n) is 8.66. The van der Waals surface area contributed by atoms with Gasteiger partial charge in [-0.25, -0.2) is 9.99 Å². The summed E-state index contributed by atoms with van der Waals surface area (Å²) in [5.74, 6) is 0.676. The number of rotatable bonds is 6. The van der Waals surface area contributed by atoms with Gasteiger partial charge < -0.3 is 4.74 Å². The molecular weight excluding hydrogens is 358 g/mol. The lowest BCUT2D eigenvalue weighted by Gasteiger charge is -2.18. The maximum absolute atomic E-state index is 12.7. The molecule has 0 fully saturated rings. The molecule has 2 aromatic carbocycles. The number of hydrogen-bond donors (Lipinski definition) is 1. The zero-order valence-corrected chi connectivity index (χ0v) is 16.8. The Kier molecular flexibility index (Phi) is 5.88. The predicted molar refractivity (Wildman–Crippen MR) is 109 cm³/mol. The van der Waals surface area contributed by atoms with E-state index in [2.05, 4.69) is 23.4 Å². The summed E-state index contributed by atoms with van der Waals surface area (Å²) < 4.78 is 5.17. The Hall–Kier alpha value is -2.70. The molecule has 0 saturated carbocycles. The van der Waals surface area contributed by atoms with Crippen LogP contribution >= 0.6 is 11.3 Å². The van der Waals surface area contributed by atoms with Crippen LogP contribution in [-0.4, -0.2) is 30.1 Å². The Labute approximate surface area is 163 Å². The average molecular weight is 382 g/mol.